The van der Waals surface area contributed by atoms with Gasteiger partial charge in [0.25, 0.3) is 0 Å². The molecule has 3 aromatic carbocycles. The van der Waals surface area contributed by atoms with Crippen LogP contribution >= 0.6 is 110 Å². The summed E-state index contributed by atoms with van der Waals surface area (Å²) in [5, 5.41) is 24.9. The van der Waals surface area contributed by atoms with E-state index in [0.717, 1.165) is 0 Å². The van der Waals surface area contributed by atoms with Crippen molar-refractivity contribution in [2.75, 3.05) is 0 Å². The molecule has 13 heteroatoms. The van der Waals surface area contributed by atoms with Crippen molar-refractivity contribution >= 4 is 116 Å². The Kier molecular flexibility index (Phi) is 5.94. The van der Waals surface area contributed by atoms with Gasteiger partial charge in [-0.05, 0) is 44.0 Å². The Balaban J connectivity index is 2.05. The predicted molar refractivity (Wildman–Crippen MR) is 134 cm³/mol. The molecule has 0 saturated carbocycles. The van der Waals surface area contributed by atoms with E-state index in [-0.39, 0.29) is 71.7 Å². The molecule has 0 aliphatic carbocycles. The number of fused-ring (bicyclic) bond motifs is 6. The molecule has 2 heterocycles. The molecule has 0 fully saturated rings. The molecule has 0 atom stereocenters. The lowest BCUT2D eigenvalue weighted by atomic mass is 9.77. The van der Waals surface area contributed by atoms with Crippen molar-refractivity contribution in [3.05, 3.63) is 72.4 Å². The smallest absolute Gasteiger partial charge is 0.341 e. The van der Waals surface area contributed by atoms with E-state index in [4.69, 9.17) is 55.9 Å². The summed E-state index contributed by atoms with van der Waals surface area (Å²) in [4.78, 5) is 13.2. The van der Waals surface area contributed by atoms with Crippen LogP contribution in [0.4, 0.5) is 0 Å². The number of halogens is 8. The van der Waals surface area contributed by atoms with Gasteiger partial charge in [-0.25, -0.2) is 4.79 Å². The van der Waals surface area contributed by atoms with Gasteiger partial charge in [-0.15, -0.1) is 0 Å². The van der Waals surface area contributed by atoms with Crippen LogP contribution in [0.1, 0.15) is 27.0 Å². The molecule has 0 aromatic heterocycles. The molecule has 1 spiro atoms. The first-order valence-corrected chi connectivity index (χ1v) is 13.3. The number of hydrogen-bond donors (Lipinski definition) is 0. The van der Waals surface area contributed by atoms with Gasteiger partial charge in [0.15, 0.2) is 5.60 Å². The minimum absolute atomic E-state index is 0.0250. The molecule has 33 heavy (non-hydrogen) atoms. The molecule has 3 aromatic rings. The van der Waals surface area contributed by atoms with Crippen LogP contribution in [0.3, 0.4) is 0 Å². The Morgan fingerprint density at radius 3 is 1.70 bits per heavy atom. The van der Waals surface area contributed by atoms with E-state index in [0.29, 0.717) is 0 Å². The third kappa shape index (κ3) is 3.10. The fourth-order valence-electron chi connectivity index (χ4n) is 3.91. The van der Waals surface area contributed by atoms with Gasteiger partial charge in [0, 0.05) is 25.6 Å². The zero-order valence-corrected chi connectivity index (χ0v) is 24.6. The van der Waals surface area contributed by atoms with Gasteiger partial charge in [0.2, 0.25) is 0 Å². The maximum atomic E-state index is 13.2. The van der Waals surface area contributed by atoms with E-state index in [1.54, 1.807) is 0 Å². The summed E-state index contributed by atoms with van der Waals surface area (Å²) in [6.07, 6.45) is 0. The molecule has 0 N–H and O–H groups in total. The van der Waals surface area contributed by atoms with E-state index in [2.05, 4.69) is 63.7 Å². The summed E-state index contributed by atoms with van der Waals surface area (Å²) in [5.74, 6) is -1.63. The molecule has 0 saturated heterocycles. The van der Waals surface area contributed by atoms with Crippen molar-refractivity contribution in [1.82, 2.24) is 0 Å². The van der Waals surface area contributed by atoms with Crippen LogP contribution in [0.2, 0.25) is 20.1 Å². The molecule has 0 radical (unpaired) electrons. The van der Waals surface area contributed by atoms with Crippen LogP contribution in [0.15, 0.2) is 30.0 Å². The number of hydrogen-bond acceptors (Lipinski definition) is 5. The van der Waals surface area contributed by atoms with Gasteiger partial charge < -0.3 is 19.7 Å². The van der Waals surface area contributed by atoms with E-state index >= 15 is 0 Å². The van der Waals surface area contributed by atoms with E-state index in [1.807, 2.05) is 0 Å². The van der Waals surface area contributed by atoms with Gasteiger partial charge in [-0.2, -0.15) is 0 Å². The molecule has 170 valence electrons. The van der Waals surface area contributed by atoms with E-state index in [1.165, 1.54) is 12.1 Å². The zero-order valence-electron chi connectivity index (χ0n) is 15.2. The van der Waals surface area contributed by atoms with Crippen molar-refractivity contribution in [3.63, 3.8) is 0 Å². The zero-order chi connectivity index (χ0) is 24.1. The van der Waals surface area contributed by atoms with Gasteiger partial charge >= 0.3 is 5.97 Å². The van der Waals surface area contributed by atoms with Crippen molar-refractivity contribution < 1.29 is 24.5 Å². The van der Waals surface area contributed by atoms with Crippen LogP contribution in [0.25, 0.3) is 0 Å². The predicted octanol–water partition coefficient (Wildman–Crippen LogP) is 8.07. The number of esters is 1. The molecule has 5 nitrogen and oxygen atoms in total. The number of ether oxygens (including phenoxy) is 2. The summed E-state index contributed by atoms with van der Waals surface area (Å²) in [6.45, 7) is 0. The molecule has 0 unspecified atom stereocenters. The van der Waals surface area contributed by atoms with Gasteiger partial charge in [0.1, 0.15) is 11.5 Å². The minimum atomic E-state index is -1.78. The highest BCUT2D eigenvalue weighted by atomic mass is 79.9. The molecule has 5 rings (SSSR count). The fraction of sp³-hybridized carbons (Fsp3) is 0.0500. The number of rotatable bonds is 0. The molecule has 0 amide bonds. The lowest BCUT2D eigenvalue weighted by Crippen LogP contribution is -2.34. The molecule has 2 aliphatic heterocycles. The summed E-state index contributed by atoms with van der Waals surface area (Å²) in [7, 11) is 0. The highest BCUT2D eigenvalue weighted by Gasteiger charge is 2.57. The quantitative estimate of drug-likeness (QED) is 0.131. The first kappa shape index (κ1) is 24.3. The normalized spacial score (nSPS) is 15.1. The Hall–Kier alpha value is -0.390. The third-order valence-electron chi connectivity index (χ3n) is 5.29. The maximum Gasteiger partial charge on any atom is 0.341 e. The standard InChI is InChI=1S/C20H4Br4Cl4O5/c21-5-1-3-17(9(23)15(5)29)32-18-4(2-6(22)16(30)10(18)24)20(3)8-7(19(31)33-20)11(25)13(27)14(28)12(8)26/h1-2,29-30H/p-2. The van der Waals surface area contributed by atoms with Crippen LogP contribution in [-0.4, -0.2) is 5.97 Å². The monoisotopic (exact) mass is 778 g/mol. The second kappa shape index (κ2) is 8.06. The Labute approximate surface area is 239 Å². The summed E-state index contributed by atoms with van der Waals surface area (Å²) < 4.78 is 12.4. The van der Waals surface area contributed by atoms with E-state index in [9.17, 15) is 15.0 Å². The summed E-state index contributed by atoms with van der Waals surface area (Å²) in [5.41, 5.74) is -1.27. The molecule has 0 bridgehead atoms. The second-order valence-corrected chi connectivity index (χ2v) is 11.7. The second-order valence-electron chi connectivity index (χ2n) is 6.94. The Morgan fingerprint density at radius 2 is 1.21 bits per heavy atom. The number of benzene rings is 3. The maximum absolute atomic E-state index is 13.2. The largest absolute Gasteiger partial charge is 0.871 e. The van der Waals surface area contributed by atoms with Gasteiger partial charge in [-0.1, -0.05) is 89.8 Å². The van der Waals surface area contributed by atoms with Gasteiger partial charge in [-0.3, -0.25) is 0 Å². The first-order valence-electron chi connectivity index (χ1n) is 8.60. The van der Waals surface area contributed by atoms with Crippen LogP contribution in [0, 0.1) is 0 Å². The Morgan fingerprint density at radius 1 is 0.758 bits per heavy atom. The number of carbonyl (C=O) groups excluding carboxylic acids is 1. The first-order chi connectivity index (χ1) is 15.4. The fourth-order valence-corrected chi connectivity index (χ4v) is 7.38. The molecular weight excluding hydrogens is 782 g/mol. The lowest BCUT2D eigenvalue weighted by Gasteiger charge is -2.39. The SMILES string of the molecule is O=C1OC2(c3cc(Br)c([O-])c(Br)c3Oc3c2cc(Br)c([O-])c3Br)c2c(Cl)c(Cl)c(Cl)c(Cl)c21. The average Bonchev–Trinajstić information content (AvgIpc) is 3.08. The highest BCUT2D eigenvalue weighted by molar-refractivity contribution is 9.11. The van der Waals surface area contributed by atoms with Crippen molar-refractivity contribution in [3.8, 4) is 23.0 Å². The third-order valence-corrected chi connectivity index (χ3v) is 9.72. The summed E-state index contributed by atoms with van der Waals surface area (Å²) in [6, 6.07) is 2.90. The highest BCUT2D eigenvalue weighted by Crippen LogP contribution is 2.64. The van der Waals surface area contributed by atoms with Crippen LogP contribution in [0.5, 0.6) is 23.0 Å². The van der Waals surface area contributed by atoms with Gasteiger partial charge in [0.05, 0.1) is 34.6 Å². The van der Waals surface area contributed by atoms with Crippen molar-refractivity contribution in [2.24, 2.45) is 0 Å². The average molecular weight is 784 g/mol. The van der Waals surface area contributed by atoms with E-state index < -0.39 is 23.1 Å². The minimum Gasteiger partial charge on any atom is -0.871 e. The topological polar surface area (TPSA) is 81.7 Å². The summed E-state index contributed by atoms with van der Waals surface area (Å²) >= 11 is 38.6. The van der Waals surface area contributed by atoms with Crippen LogP contribution < -0.4 is 14.9 Å². The van der Waals surface area contributed by atoms with Crippen molar-refractivity contribution in [1.29, 1.82) is 0 Å². The van der Waals surface area contributed by atoms with Crippen molar-refractivity contribution in [2.45, 2.75) is 5.60 Å². The molecular formula is C20H2Br4Cl4O5-2. The molecule has 2 aliphatic rings. The van der Waals surface area contributed by atoms with Crippen LogP contribution in [-0.2, 0) is 10.3 Å². The number of carbonyl (C=O) groups is 1. The lowest BCUT2D eigenvalue weighted by molar-refractivity contribution is -0.271. The Bertz CT molecular complexity index is 1400.